The molecule has 10 heteroatoms. The molecular formula is C19H15N5O3S2. The predicted molar refractivity (Wildman–Crippen MR) is 114 cm³/mol. The van der Waals surface area contributed by atoms with Crippen molar-refractivity contribution in [1.82, 2.24) is 9.97 Å². The maximum Gasteiger partial charge on any atom is 0.323 e. The van der Waals surface area contributed by atoms with E-state index in [0.29, 0.717) is 11.4 Å². The van der Waals surface area contributed by atoms with Crippen molar-refractivity contribution < 1.29 is 13.2 Å². The normalized spacial score (nSPS) is 11.2. The summed E-state index contributed by atoms with van der Waals surface area (Å²) in [5, 5.41) is 8.33. The van der Waals surface area contributed by atoms with E-state index >= 15 is 0 Å². The molecule has 0 saturated heterocycles. The summed E-state index contributed by atoms with van der Waals surface area (Å²) in [7, 11) is -3.74. The van der Waals surface area contributed by atoms with Crippen LogP contribution < -0.4 is 15.4 Å². The summed E-state index contributed by atoms with van der Waals surface area (Å²) in [5.74, 6) is 0. The van der Waals surface area contributed by atoms with Crippen LogP contribution in [0.15, 0.2) is 77.3 Å². The number of carbonyl (C=O) groups excluding carboxylic acids is 1. The Morgan fingerprint density at radius 2 is 1.66 bits per heavy atom. The van der Waals surface area contributed by atoms with Crippen LogP contribution in [0.3, 0.4) is 0 Å². The molecule has 0 bridgehead atoms. The van der Waals surface area contributed by atoms with Gasteiger partial charge in [-0.25, -0.2) is 18.2 Å². The minimum Gasteiger partial charge on any atom is -0.308 e. The van der Waals surface area contributed by atoms with Crippen LogP contribution in [-0.4, -0.2) is 24.4 Å². The average Bonchev–Trinajstić information content (AvgIpc) is 3.20. The Morgan fingerprint density at radius 3 is 2.41 bits per heavy atom. The van der Waals surface area contributed by atoms with Crippen LogP contribution in [0.2, 0.25) is 0 Å². The number of fused-ring (bicyclic) bond motifs is 1. The summed E-state index contributed by atoms with van der Waals surface area (Å²) in [6, 6.07) is 14.6. The first-order chi connectivity index (χ1) is 14.0. The van der Waals surface area contributed by atoms with Gasteiger partial charge in [-0.15, -0.1) is 11.3 Å². The third-order valence-electron chi connectivity index (χ3n) is 3.94. The predicted octanol–water partition coefficient (Wildman–Crippen LogP) is 4.14. The van der Waals surface area contributed by atoms with Gasteiger partial charge in [-0.05, 0) is 42.5 Å². The lowest BCUT2D eigenvalue weighted by molar-refractivity contribution is 0.262. The van der Waals surface area contributed by atoms with Crippen molar-refractivity contribution in [2.45, 2.75) is 4.90 Å². The number of nitrogens with one attached hydrogen (secondary N) is 3. The second kappa shape index (κ2) is 7.86. The van der Waals surface area contributed by atoms with Crippen molar-refractivity contribution in [2.75, 3.05) is 15.4 Å². The molecule has 0 aliphatic carbocycles. The molecule has 2 heterocycles. The first-order valence-corrected chi connectivity index (χ1v) is 10.8. The van der Waals surface area contributed by atoms with Gasteiger partial charge in [0.2, 0.25) is 0 Å². The van der Waals surface area contributed by atoms with Crippen LogP contribution in [0.25, 0.3) is 10.9 Å². The maximum atomic E-state index is 12.3. The molecule has 2 aromatic carbocycles. The number of anilines is 3. The molecule has 2 amide bonds. The maximum absolute atomic E-state index is 12.3. The van der Waals surface area contributed by atoms with E-state index in [1.165, 1.54) is 41.8 Å². The van der Waals surface area contributed by atoms with E-state index < -0.39 is 16.1 Å². The second-order valence-corrected chi connectivity index (χ2v) is 8.53. The number of carbonyl (C=O) groups is 1. The summed E-state index contributed by atoms with van der Waals surface area (Å²) in [6.45, 7) is 0. The SMILES string of the molecule is O=C(Nc1ccc(S(=O)(=O)Nc2nccs2)cc1)Nc1ccc2cccnc2c1. The Labute approximate surface area is 170 Å². The number of nitrogens with zero attached hydrogens (tertiary/aromatic N) is 2. The van der Waals surface area contributed by atoms with Gasteiger partial charge in [0.15, 0.2) is 5.13 Å². The number of pyridine rings is 1. The molecule has 0 fully saturated rings. The summed E-state index contributed by atoms with van der Waals surface area (Å²) in [5.41, 5.74) is 1.82. The van der Waals surface area contributed by atoms with Crippen LogP contribution in [0.1, 0.15) is 0 Å². The van der Waals surface area contributed by atoms with Crippen LogP contribution in [0.5, 0.6) is 0 Å². The van der Waals surface area contributed by atoms with E-state index in [2.05, 4.69) is 25.3 Å². The first kappa shape index (κ1) is 18.8. The van der Waals surface area contributed by atoms with Crippen molar-refractivity contribution in [3.8, 4) is 0 Å². The highest BCUT2D eigenvalue weighted by molar-refractivity contribution is 7.93. The fraction of sp³-hybridized carbons (Fsp3) is 0. The third-order valence-corrected chi connectivity index (χ3v) is 6.11. The zero-order valence-corrected chi connectivity index (χ0v) is 16.5. The second-order valence-electron chi connectivity index (χ2n) is 5.96. The quantitative estimate of drug-likeness (QED) is 0.445. The van der Waals surface area contributed by atoms with Gasteiger partial charge in [-0.3, -0.25) is 9.71 Å². The summed E-state index contributed by atoms with van der Waals surface area (Å²) in [6.07, 6.45) is 3.20. The largest absolute Gasteiger partial charge is 0.323 e. The number of amides is 2. The van der Waals surface area contributed by atoms with Crippen molar-refractivity contribution in [3.63, 3.8) is 0 Å². The van der Waals surface area contributed by atoms with Gasteiger partial charge >= 0.3 is 6.03 Å². The van der Waals surface area contributed by atoms with Crippen LogP contribution in [-0.2, 0) is 10.0 Å². The zero-order valence-electron chi connectivity index (χ0n) is 14.9. The molecule has 4 rings (SSSR count). The molecule has 4 aromatic rings. The van der Waals surface area contributed by atoms with E-state index in [1.54, 1.807) is 23.7 Å². The number of rotatable bonds is 5. The summed E-state index contributed by atoms with van der Waals surface area (Å²) >= 11 is 1.19. The summed E-state index contributed by atoms with van der Waals surface area (Å²) < 4.78 is 27.1. The molecule has 0 unspecified atom stereocenters. The molecule has 146 valence electrons. The van der Waals surface area contributed by atoms with Crippen molar-refractivity contribution in [3.05, 3.63) is 72.4 Å². The van der Waals surface area contributed by atoms with Crippen LogP contribution >= 0.6 is 11.3 Å². The third kappa shape index (κ3) is 4.50. The van der Waals surface area contributed by atoms with Gasteiger partial charge in [0.25, 0.3) is 10.0 Å². The Bertz CT molecular complexity index is 1260. The van der Waals surface area contributed by atoms with Gasteiger partial charge in [-0.1, -0.05) is 12.1 Å². The summed E-state index contributed by atoms with van der Waals surface area (Å²) in [4.78, 5) is 20.5. The number of benzene rings is 2. The zero-order chi connectivity index (χ0) is 20.3. The van der Waals surface area contributed by atoms with Crippen molar-refractivity contribution in [1.29, 1.82) is 0 Å². The number of hydrogen-bond donors (Lipinski definition) is 3. The van der Waals surface area contributed by atoms with Gasteiger partial charge < -0.3 is 10.6 Å². The van der Waals surface area contributed by atoms with Crippen molar-refractivity contribution >= 4 is 54.8 Å². The van der Waals surface area contributed by atoms with Gasteiger partial charge in [0.05, 0.1) is 10.4 Å². The number of urea groups is 1. The lowest BCUT2D eigenvalue weighted by Gasteiger charge is -2.09. The van der Waals surface area contributed by atoms with E-state index in [4.69, 9.17) is 0 Å². The topological polar surface area (TPSA) is 113 Å². The van der Waals surface area contributed by atoms with Crippen molar-refractivity contribution in [2.24, 2.45) is 0 Å². The molecule has 0 spiro atoms. The molecule has 29 heavy (non-hydrogen) atoms. The van der Waals surface area contributed by atoms with Crippen LogP contribution in [0, 0.1) is 0 Å². The average molecular weight is 425 g/mol. The minimum atomic E-state index is -3.74. The Kier molecular flexibility index (Phi) is 5.10. The minimum absolute atomic E-state index is 0.0688. The fourth-order valence-electron chi connectivity index (χ4n) is 2.60. The molecule has 8 nitrogen and oxygen atoms in total. The highest BCUT2D eigenvalue weighted by Gasteiger charge is 2.15. The molecule has 0 saturated carbocycles. The molecule has 2 aromatic heterocycles. The monoisotopic (exact) mass is 425 g/mol. The highest BCUT2D eigenvalue weighted by Crippen LogP contribution is 2.20. The number of sulfonamides is 1. The Morgan fingerprint density at radius 1 is 0.897 bits per heavy atom. The van der Waals surface area contributed by atoms with E-state index in [9.17, 15) is 13.2 Å². The highest BCUT2D eigenvalue weighted by atomic mass is 32.2. The Balaban J connectivity index is 1.41. The first-order valence-electron chi connectivity index (χ1n) is 8.45. The number of aromatic nitrogens is 2. The van der Waals surface area contributed by atoms with Crippen LogP contribution in [0.4, 0.5) is 21.3 Å². The lowest BCUT2D eigenvalue weighted by atomic mass is 10.2. The molecule has 3 N–H and O–H groups in total. The number of thiazole rings is 1. The smallest absolute Gasteiger partial charge is 0.308 e. The van der Waals surface area contributed by atoms with E-state index in [-0.39, 0.29) is 10.0 Å². The standard InChI is InChI=1S/C19H15N5O3S2/c25-18(23-15-4-3-13-2-1-9-20-17(13)12-15)22-14-5-7-16(8-6-14)29(26,27)24-19-21-10-11-28-19/h1-12H,(H,21,24)(H2,22,23,25). The van der Waals surface area contributed by atoms with E-state index in [0.717, 1.165) is 10.9 Å². The molecular weight excluding hydrogens is 410 g/mol. The fourth-order valence-corrected chi connectivity index (χ4v) is 4.39. The Hall–Kier alpha value is -3.50. The van der Waals surface area contributed by atoms with E-state index in [1.807, 2.05) is 18.2 Å². The van der Waals surface area contributed by atoms with Gasteiger partial charge in [-0.2, -0.15) is 0 Å². The van der Waals surface area contributed by atoms with Gasteiger partial charge in [0.1, 0.15) is 0 Å². The van der Waals surface area contributed by atoms with Gasteiger partial charge in [0, 0.05) is 34.5 Å². The molecule has 0 aliphatic heterocycles. The molecule has 0 aliphatic rings. The lowest BCUT2D eigenvalue weighted by Crippen LogP contribution is -2.19. The molecule has 0 radical (unpaired) electrons. The number of hydrogen-bond acceptors (Lipinski definition) is 6. The molecule has 0 atom stereocenters.